The fraction of sp³-hybridized carbons (Fsp3) is 0.381. The summed E-state index contributed by atoms with van der Waals surface area (Å²) in [7, 11) is 0. The highest BCUT2D eigenvalue weighted by Crippen LogP contribution is 2.41. The summed E-state index contributed by atoms with van der Waals surface area (Å²) in [4.78, 5) is 20.3. The van der Waals surface area contributed by atoms with Gasteiger partial charge in [0.15, 0.2) is 0 Å². The molecule has 7 heteroatoms. The molecule has 0 aliphatic heterocycles. The molecule has 0 fully saturated rings. The van der Waals surface area contributed by atoms with Crippen LogP contribution in [0.25, 0.3) is 10.2 Å². The summed E-state index contributed by atoms with van der Waals surface area (Å²) >= 11 is 2.88. The van der Waals surface area contributed by atoms with Crippen LogP contribution in [0.5, 0.6) is 0 Å². The van der Waals surface area contributed by atoms with Crippen LogP contribution in [-0.4, -0.2) is 10.9 Å². The van der Waals surface area contributed by atoms with E-state index in [0.717, 1.165) is 60.0 Å². The van der Waals surface area contributed by atoms with Gasteiger partial charge in [0.1, 0.15) is 20.8 Å². The van der Waals surface area contributed by atoms with Crippen molar-refractivity contribution in [2.75, 3.05) is 11.1 Å². The monoisotopic (exact) mass is 408 g/mol. The van der Waals surface area contributed by atoms with Crippen molar-refractivity contribution in [3.05, 3.63) is 38.2 Å². The molecule has 5 rings (SSSR count). The number of nitrogen functional groups attached to an aromatic ring is 1. The predicted molar refractivity (Wildman–Crippen MR) is 114 cm³/mol. The highest BCUT2D eigenvalue weighted by Gasteiger charge is 2.26. The molecule has 3 aromatic rings. The van der Waals surface area contributed by atoms with E-state index in [1.165, 1.54) is 33.1 Å². The second-order valence-electron chi connectivity index (χ2n) is 7.77. The minimum absolute atomic E-state index is 0.246. The third-order valence-corrected chi connectivity index (χ3v) is 8.09. The summed E-state index contributed by atoms with van der Waals surface area (Å²) < 4.78 is 0. The lowest BCUT2D eigenvalue weighted by atomic mass is 9.89. The normalized spacial score (nSPS) is 17.9. The zero-order valence-electron chi connectivity index (χ0n) is 15.6. The van der Waals surface area contributed by atoms with E-state index in [0.29, 0.717) is 27.0 Å². The number of nitrogens with two attached hydrogens (primary N) is 1. The van der Waals surface area contributed by atoms with Crippen molar-refractivity contribution in [2.45, 2.75) is 45.4 Å². The average Bonchev–Trinajstić information content (AvgIpc) is 3.35. The van der Waals surface area contributed by atoms with Crippen molar-refractivity contribution in [2.24, 2.45) is 5.92 Å². The van der Waals surface area contributed by atoms with E-state index in [2.05, 4.69) is 24.4 Å². The number of aryl methyl sites for hydroxylation is 2. The summed E-state index contributed by atoms with van der Waals surface area (Å²) in [5.74, 6) is 0.372. The average molecular weight is 409 g/mol. The van der Waals surface area contributed by atoms with Gasteiger partial charge in [-0.3, -0.25) is 4.79 Å². The minimum atomic E-state index is -0.246. The molecule has 2 aliphatic rings. The molecular formula is C21H20N4OS2. The zero-order chi connectivity index (χ0) is 19.4. The quantitative estimate of drug-likeness (QED) is 0.644. The second-order valence-corrected chi connectivity index (χ2v) is 9.87. The Kier molecular flexibility index (Phi) is 4.14. The highest BCUT2D eigenvalue weighted by atomic mass is 32.1. The van der Waals surface area contributed by atoms with Crippen molar-refractivity contribution in [1.82, 2.24) is 4.98 Å². The first-order valence-electron chi connectivity index (χ1n) is 9.62. The van der Waals surface area contributed by atoms with Gasteiger partial charge >= 0.3 is 0 Å². The van der Waals surface area contributed by atoms with Gasteiger partial charge in [0.05, 0.1) is 11.3 Å². The number of aromatic nitrogens is 1. The van der Waals surface area contributed by atoms with Crippen molar-refractivity contribution >= 4 is 49.5 Å². The van der Waals surface area contributed by atoms with Gasteiger partial charge in [-0.15, -0.1) is 22.7 Å². The Labute approximate surface area is 171 Å². The molecule has 0 radical (unpaired) electrons. The third-order valence-electron chi connectivity index (χ3n) is 5.81. The Morgan fingerprint density at radius 3 is 3.04 bits per heavy atom. The van der Waals surface area contributed by atoms with E-state index < -0.39 is 0 Å². The van der Waals surface area contributed by atoms with E-state index in [4.69, 9.17) is 10.7 Å². The fourth-order valence-corrected chi connectivity index (χ4v) is 6.63. The number of amides is 1. The first-order chi connectivity index (χ1) is 13.5. The topological polar surface area (TPSA) is 91.8 Å². The van der Waals surface area contributed by atoms with Crippen LogP contribution in [0.3, 0.4) is 0 Å². The number of carbonyl (C=O) groups excluding carboxylic acids is 1. The summed E-state index contributed by atoms with van der Waals surface area (Å²) in [5, 5.41) is 14.1. The SMILES string of the molecule is CC1CCc2c(sc(NC(=O)c3sc4nc5c(cc4c3N)CCC5)c2C#N)C1. The molecule has 1 atom stereocenters. The van der Waals surface area contributed by atoms with Gasteiger partial charge in [-0.25, -0.2) is 4.98 Å². The Balaban J connectivity index is 1.50. The summed E-state index contributed by atoms with van der Waals surface area (Å²) in [6, 6.07) is 4.40. The van der Waals surface area contributed by atoms with Crippen LogP contribution < -0.4 is 11.1 Å². The Hall–Kier alpha value is -2.43. The lowest BCUT2D eigenvalue weighted by molar-refractivity contribution is 0.103. The van der Waals surface area contributed by atoms with E-state index in [-0.39, 0.29) is 5.91 Å². The maximum absolute atomic E-state index is 13.0. The molecule has 142 valence electrons. The largest absolute Gasteiger partial charge is 0.397 e. The maximum atomic E-state index is 13.0. The number of anilines is 2. The summed E-state index contributed by atoms with van der Waals surface area (Å²) in [6.07, 6.45) is 6.13. The van der Waals surface area contributed by atoms with E-state index in [1.54, 1.807) is 0 Å². The fourth-order valence-electron chi connectivity index (χ4n) is 4.28. The smallest absolute Gasteiger partial charge is 0.268 e. The van der Waals surface area contributed by atoms with Crippen LogP contribution in [0.4, 0.5) is 10.7 Å². The Morgan fingerprint density at radius 1 is 1.36 bits per heavy atom. The molecule has 1 unspecified atom stereocenters. The van der Waals surface area contributed by atoms with Gasteiger partial charge in [0.25, 0.3) is 5.91 Å². The molecule has 2 aliphatic carbocycles. The second kappa shape index (κ2) is 6.57. The van der Waals surface area contributed by atoms with E-state index >= 15 is 0 Å². The molecule has 0 saturated carbocycles. The van der Waals surface area contributed by atoms with Gasteiger partial charge in [-0.2, -0.15) is 5.26 Å². The van der Waals surface area contributed by atoms with E-state index in [1.807, 2.05) is 0 Å². The molecule has 0 saturated heterocycles. The Bertz CT molecular complexity index is 1170. The molecular weight excluding hydrogens is 388 g/mol. The number of hydrogen-bond acceptors (Lipinski definition) is 6. The number of thiophene rings is 2. The minimum Gasteiger partial charge on any atom is -0.397 e. The molecule has 3 heterocycles. The number of pyridine rings is 1. The lowest BCUT2D eigenvalue weighted by Gasteiger charge is -2.17. The van der Waals surface area contributed by atoms with Gasteiger partial charge < -0.3 is 11.1 Å². The van der Waals surface area contributed by atoms with Crippen LogP contribution in [0, 0.1) is 17.2 Å². The number of nitrogens with zero attached hydrogens (tertiary/aromatic N) is 2. The van der Waals surface area contributed by atoms with Crippen LogP contribution in [0.2, 0.25) is 0 Å². The highest BCUT2D eigenvalue weighted by molar-refractivity contribution is 7.21. The number of carbonyl (C=O) groups is 1. The zero-order valence-corrected chi connectivity index (χ0v) is 17.2. The van der Waals surface area contributed by atoms with Crippen molar-refractivity contribution in [3.63, 3.8) is 0 Å². The molecule has 3 aromatic heterocycles. The van der Waals surface area contributed by atoms with E-state index in [9.17, 15) is 10.1 Å². The lowest BCUT2D eigenvalue weighted by Crippen LogP contribution is -2.12. The number of hydrogen-bond donors (Lipinski definition) is 2. The first kappa shape index (κ1) is 17.7. The maximum Gasteiger partial charge on any atom is 0.268 e. The molecule has 0 spiro atoms. The van der Waals surface area contributed by atoms with Gasteiger partial charge in [0.2, 0.25) is 0 Å². The van der Waals surface area contributed by atoms with Crippen LogP contribution >= 0.6 is 22.7 Å². The number of nitriles is 1. The van der Waals surface area contributed by atoms with Gasteiger partial charge in [-0.05, 0) is 61.6 Å². The van der Waals surface area contributed by atoms with Crippen LogP contribution in [0.1, 0.15) is 56.7 Å². The molecule has 0 bridgehead atoms. The standard InChI is InChI=1S/C21H20N4OS2/c1-10-5-6-12-14(9-22)21(27-16(12)7-10)25-19(26)18-17(23)13-8-11-3-2-4-15(11)24-20(13)28-18/h8,10H,2-7,23H2,1H3,(H,25,26). The molecule has 28 heavy (non-hydrogen) atoms. The third kappa shape index (κ3) is 2.71. The Morgan fingerprint density at radius 2 is 2.21 bits per heavy atom. The van der Waals surface area contributed by atoms with Crippen LogP contribution in [-0.2, 0) is 25.7 Å². The van der Waals surface area contributed by atoms with Crippen molar-refractivity contribution in [1.29, 1.82) is 5.26 Å². The summed E-state index contributed by atoms with van der Waals surface area (Å²) in [6.45, 7) is 2.23. The molecule has 5 nitrogen and oxygen atoms in total. The molecule has 0 aromatic carbocycles. The number of fused-ring (bicyclic) bond motifs is 3. The number of rotatable bonds is 2. The van der Waals surface area contributed by atoms with Gasteiger partial charge in [-0.1, -0.05) is 6.92 Å². The number of nitrogens with one attached hydrogen (secondary N) is 1. The van der Waals surface area contributed by atoms with Gasteiger partial charge in [0, 0.05) is 16.0 Å². The van der Waals surface area contributed by atoms with Crippen LogP contribution in [0.15, 0.2) is 6.07 Å². The van der Waals surface area contributed by atoms with Crippen molar-refractivity contribution < 1.29 is 4.79 Å². The summed E-state index contributed by atoms with van der Waals surface area (Å²) in [5.41, 5.74) is 10.9. The first-order valence-corrected chi connectivity index (χ1v) is 11.2. The predicted octanol–water partition coefficient (Wildman–Crippen LogP) is 4.68. The molecule has 1 amide bonds. The molecule has 3 N–H and O–H groups in total. The van der Waals surface area contributed by atoms with Crippen molar-refractivity contribution in [3.8, 4) is 6.07 Å².